The summed E-state index contributed by atoms with van der Waals surface area (Å²) in [4.78, 5) is 9.17. The minimum absolute atomic E-state index is 0.644. The van der Waals surface area contributed by atoms with Gasteiger partial charge in [-0.15, -0.1) is 6.58 Å². The second kappa shape index (κ2) is 8.70. The Morgan fingerprint density at radius 1 is 1.23 bits per heavy atom. The van der Waals surface area contributed by atoms with Crippen LogP contribution in [0.15, 0.2) is 37.2 Å². The molecule has 0 aliphatic carbocycles. The summed E-state index contributed by atoms with van der Waals surface area (Å²) in [6, 6.07) is 3.93. The number of aromatic nitrogens is 4. The van der Waals surface area contributed by atoms with E-state index >= 15 is 0 Å². The molecule has 0 saturated carbocycles. The second-order valence-corrected chi connectivity index (χ2v) is 7.57. The highest BCUT2D eigenvalue weighted by Gasteiger charge is 2.19. The van der Waals surface area contributed by atoms with Gasteiger partial charge in [-0.1, -0.05) is 19.9 Å². The predicted octanol–water partition coefficient (Wildman–Crippen LogP) is 2.89. The molecule has 7 heteroatoms. The Bertz CT molecular complexity index is 771. The lowest BCUT2D eigenvalue weighted by Crippen LogP contribution is -2.47. The summed E-state index contributed by atoms with van der Waals surface area (Å²) in [5.41, 5.74) is 0.973. The SMILES string of the molecule is C=CCn1c(-c2cccnc2)nn(CN2CCN(CC(C)C)CC2)c1=S. The van der Waals surface area contributed by atoms with Gasteiger partial charge in [-0.3, -0.25) is 14.5 Å². The van der Waals surface area contributed by atoms with Gasteiger partial charge < -0.3 is 4.90 Å². The van der Waals surface area contributed by atoms with E-state index in [1.807, 2.05) is 33.7 Å². The Morgan fingerprint density at radius 2 is 1.96 bits per heavy atom. The van der Waals surface area contributed by atoms with Gasteiger partial charge in [0.05, 0.1) is 6.67 Å². The van der Waals surface area contributed by atoms with Crippen LogP contribution < -0.4 is 0 Å². The largest absolute Gasteiger partial charge is 0.301 e. The van der Waals surface area contributed by atoms with Gasteiger partial charge in [0.1, 0.15) is 0 Å². The zero-order valence-corrected chi connectivity index (χ0v) is 16.5. The molecule has 0 radical (unpaired) electrons. The first-order valence-corrected chi connectivity index (χ1v) is 9.63. The predicted molar refractivity (Wildman–Crippen MR) is 107 cm³/mol. The first-order valence-electron chi connectivity index (χ1n) is 9.22. The van der Waals surface area contributed by atoms with Crippen molar-refractivity contribution in [3.8, 4) is 11.4 Å². The Hall–Kier alpha value is -1.83. The van der Waals surface area contributed by atoms with Crippen LogP contribution in [0.1, 0.15) is 13.8 Å². The maximum atomic E-state index is 5.69. The molecule has 1 aliphatic heterocycles. The number of nitrogens with zero attached hydrogens (tertiary/aromatic N) is 6. The van der Waals surface area contributed by atoms with Gasteiger partial charge in [0.25, 0.3) is 0 Å². The van der Waals surface area contributed by atoms with E-state index in [-0.39, 0.29) is 0 Å². The van der Waals surface area contributed by atoms with Crippen LogP contribution in [0.5, 0.6) is 0 Å². The highest BCUT2D eigenvalue weighted by molar-refractivity contribution is 7.71. The molecule has 140 valence electrons. The van der Waals surface area contributed by atoms with Crippen molar-refractivity contribution in [2.24, 2.45) is 5.92 Å². The first-order chi connectivity index (χ1) is 12.6. The smallest absolute Gasteiger partial charge is 0.199 e. The van der Waals surface area contributed by atoms with Crippen molar-refractivity contribution in [1.82, 2.24) is 29.1 Å². The molecule has 3 heterocycles. The highest BCUT2D eigenvalue weighted by atomic mass is 32.1. The summed E-state index contributed by atoms with van der Waals surface area (Å²) >= 11 is 5.69. The van der Waals surface area contributed by atoms with Crippen molar-refractivity contribution in [2.75, 3.05) is 32.7 Å². The molecule has 3 rings (SSSR count). The fourth-order valence-corrected chi connectivity index (χ4v) is 3.61. The Kier molecular flexibility index (Phi) is 6.34. The summed E-state index contributed by atoms with van der Waals surface area (Å²) in [5, 5.41) is 4.79. The third-order valence-electron chi connectivity index (χ3n) is 4.58. The summed E-state index contributed by atoms with van der Waals surface area (Å²) in [6.45, 7) is 15.3. The molecule has 0 bridgehead atoms. The molecule has 26 heavy (non-hydrogen) atoms. The molecule has 0 unspecified atom stereocenters. The molecule has 0 atom stereocenters. The maximum Gasteiger partial charge on any atom is 0.199 e. The quantitative estimate of drug-likeness (QED) is 0.552. The fraction of sp³-hybridized carbons (Fsp3) is 0.526. The Labute approximate surface area is 160 Å². The van der Waals surface area contributed by atoms with Gasteiger partial charge in [-0.05, 0) is 30.3 Å². The first kappa shape index (κ1) is 18.9. The lowest BCUT2D eigenvalue weighted by molar-refractivity contribution is 0.0950. The highest BCUT2D eigenvalue weighted by Crippen LogP contribution is 2.18. The molecule has 0 spiro atoms. The van der Waals surface area contributed by atoms with Crippen molar-refractivity contribution in [1.29, 1.82) is 0 Å². The standard InChI is InChI=1S/C19H28N6S/c1-4-8-24-18(17-6-5-7-20-13-17)21-25(19(24)26)15-23-11-9-22(10-12-23)14-16(2)3/h4-7,13,16H,1,8-12,14-15H2,2-3H3. The zero-order chi connectivity index (χ0) is 18.5. The number of hydrogen-bond acceptors (Lipinski definition) is 5. The van der Waals surface area contributed by atoms with E-state index in [9.17, 15) is 0 Å². The van der Waals surface area contributed by atoms with Crippen LogP contribution in [0.4, 0.5) is 0 Å². The lowest BCUT2D eigenvalue weighted by atomic mass is 10.2. The average molecular weight is 373 g/mol. The van der Waals surface area contributed by atoms with Crippen LogP contribution in [0.25, 0.3) is 11.4 Å². The van der Waals surface area contributed by atoms with Crippen LogP contribution in [-0.2, 0) is 13.2 Å². The van der Waals surface area contributed by atoms with Gasteiger partial charge in [0, 0.05) is 57.2 Å². The third-order valence-corrected chi connectivity index (χ3v) is 5.01. The van der Waals surface area contributed by atoms with Gasteiger partial charge in [0.2, 0.25) is 0 Å². The summed E-state index contributed by atoms with van der Waals surface area (Å²) in [6.07, 6.45) is 5.45. The monoisotopic (exact) mass is 372 g/mol. The van der Waals surface area contributed by atoms with Gasteiger partial charge in [0.15, 0.2) is 10.6 Å². The minimum atomic E-state index is 0.644. The second-order valence-electron chi connectivity index (χ2n) is 7.20. The van der Waals surface area contributed by atoms with Crippen LogP contribution in [0, 0.1) is 10.7 Å². The van der Waals surface area contributed by atoms with E-state index in [1.54, 1.807) is 6.20 Å². The normalized spacial score (nSPS) is 16.3. The van der Waals surface area contributed by atoms with Crippen molar-refractivity contribution < 1.29 is 0 Å². The van der Waals surface area contributed by atoms with E-state index in [0.29, 0.717) is 12.5 Å². The number of rotatable bonds is 7. The van der Waals surface area contributed by atoms with Crippen molar-refractivity contribution in [3.63, 3.8) is 0 Å². The van der Waals surface area contributed by atoms with Crippen molar-refractivity contribution in [2.45, 2.75) is 27.1 Å². The summed E-state index contributed by atoms with van der Waals surface area (Å²) in [7, 11) is 0. The topological polar surface area (TPSA) is 42.1 Å². The maximum absolute atomic E-state index is 5.69. The lowest BCUT2D eigenvalue weighted by Gasteiger charge is -2.35. The van der Waals surface area contributed by atoms with Crippen molar-refractivity contribution >= 4 is 12.2 Å². The Balaban J connectivity index is 1.75. The Morgan fingerprint density at radius 3 is 2.58 bits per heavy atom. The number of allylic oxidation sites excluding steroid dienone is 1. The third kappa shape index (κ3) is 4.47. The molecular formula is C19H28N6S. The minimum Gasteiger partial charge on any atom is -0.301 e. The molecule has 1 saturated heterocycles. The van der Waals surface area contributed by atoms with Gasteiger partial charge in [-0.2, -0.15) is 5.10 Å². The van der Waals surface area contributed by atoms with Gasteiger partial charge >= 0.3 is 0 Å². The molecule has 2 aromatic heterocycles. The molecule has 1 aliphatic rings. The van der Waals surface area contributed by atoms with E-state index in [2.05, 4.69) is 35.2 Å². The van der Waals surface area contributed by atoms with E-state index < -0.39 is 0 Å². The van der Waals surface area contributed by atoms with Crippen LogP contribution in [0.3, 0.4) is 0 Å². The van der Waals surface area contributed by atoms with E-state index in [1.165, 1.54) is 6.54 Å². The zero-order valence-electron chi connectivity index (χ0n) is 15.7. The van der Waals surface area contributed by atoms with Crippen molar-refractivity contribution in [3.05, 3.63) is 42.0 Å². The number of pyridine rings is 1. The van der Waals surface area contributed by atoms with Gasteiger partial charge in [-0.25, -0.2) is 4.68 Å². The van der Waals surface area contributed by atoms with E-state index in [4.69, 9.17) is 17.3 Å². The molecule has 2 aromatic rings. The number of hydrogen-bond donors (Lipinski definition) is 0. The van der Waals surface area contributed by atoms with E-state index in [0.717, 1.165) is 49.0 Å². The van der Waals surface area contributed by atoms with Crippen LogP contribution >= 0.6 is 12.2 Å². The molecule has 1 fully saturated rings. The molecule has 0 amide bonds. The summed E-state index contributed by atoms with van der Waals surface area (Å²) < 4.78 is 4.68. The summed E-state index contributed by atoms with van der Waals surface area (Å²) in [5.74, 6) is 1.56. The molecule has 6 nitrogen and oxygen atoms in total. The average Bonchev–Trinajstić information content (AvgIpc) is 2.94. The molecule has 0 aromatic carbocycles. The van der Waals surface area contributed by atoms with Crippen LogP contribution in [-0.4, -0.2) is 61.9 Å². The molecule has 0 N–H and O–H groups in total. The van der Waals surface area contributed by atoms with Crippen LogP contribution in [0.2, 0.25) is 0 Å². The number of piperazine rings is 1. The fourth-order valence-electron chi connectivity index (χ4n) is 3.35. The molecular weight excluding hydrogens is 344 g/mol.